The molecule has 0 bridgehead atoms. The van der Waals surface area contributed by atoms with Gasteiger partial charge in [-0.05, 0) is 51.3 Å². The minimum atomic E-state index is 0.461. The van der Waals surface area contributed by atoms with Crippen LogP contribution in [0.15, 0.2) is 42.5 Å². The molecule has 5 nitrogen and oxygen atoms in total. The van der Waals surface area contributed by atoms with Crippen LogP contribution >= 0.6 is 0 Å². The number of aryl methyl sites for hydroxylation is 2. The largest absolute Gasteiger partial charge is 0.384 e. The second-order valence-electron chi connectivity index (χ2n) is 7.39. The Bertz CT molecular complexity index is 871. The predicted octanol–water partition coefficient (Wildman–Crippen LogP) is 3.43. The first-order valence-corrected chi connectivity index (χ1v) is 9.58. The summed E-state index contributed by atoms with van der Waals surface area (Å²) in [6, 6.07) is 14.8. The van der Waals surface area contributed by atoms with Gasteiger partial charge in [0.05, 0.1) is 11.4 Å². The Morgan fingerprint density at radius 2 is 2.04 bits per heavy atom. The second-order valence-corrected chi connectivity index (χ2v) is 7.39. The van der Waals surface area contributed by atoms with E-state index in [1.54, 1.807) is 4.52 Å². The summed E-state index contributed by atoms with van der Waals surface area (Å²) in [6.45, 7) is 5.39. The quantitative estimate of drug-likeness (QED) is 0.767. The number of likely N-dealkylation sites (tertiary alicyclic amines) is 1. The van der Waals surface area contributed by atoms with Gasteiger partial charge in [0.1, 0.15) is 5.82 Å². The number of nitrogen functional groups attached to an aromatic ring is 1. The summed E-state index contributed by atoms with van der Waals surface area (Å²) in [4.78, 5) is 7.42. The minimum Gasteiger partial charge on any atom is -0.384 e. The van der Waals surface area contributed by atoms with Crippen molar-refractivity contribution in [2.45, 2.75) is 38.5 Å². The molecule has 0 saturated carbocycles. The Morgan fingerprint density at radius 1 is 1.19 bits per heavy atom. The lowest BCUT2D eigenvalue weighted by molar-refractivity contribution is 0.204. The molecule has 2 N–H and O–H groups in total. The number of anilines is 1. The van der Waals surface area contributed by atoms with Gasteiger partial charge in [-0.1, -0.05) is 30.3 Å². The average molecular weight is 349 g/mol. The van der Waals surface area contributed by atoms with Crippen LogP contribution in [0.5, 0.6) is 0 Å². The van der Waals surface area contributed by atoms with Crippen molar-refractivity contribution in [3.63, 3.8) is 0 Å². The van der Waals surface area contributed by atoms with Gasteiger partial charge >= 0.3 is 0 Å². The fourth-order valence-electron chi connectivity index (χ4n) is 3.99. The molecule has 0 radical (unpaired) electrons. The highest BCUT2D eigenvalue weighted by molar-refractivity contribution is 5.48. The molecule has 1 aromatic carbocycles. The topological polar surface area (TPSA) is 59.5 Å². The Hall–Kier alpha value is -2.40. The van der Waals surface area contributed by atoms with E-state index in [2.05, 4.69) is 40.3 Å². The van der Waals surface area contributed by atoms with Crippen LogP contribution in [-0.2, 0) is 6.42 Å². The highest BCUT2D eigenvalue weighted by Gasteiger charge is 2.23. The lowest BCUT2D eigenvalue weighted by atomic mass is 9.94. The molecule has 1 aliphatic heterocycles. The minimum absolute atomic E-state index is 0.461. The first-order chi connectivity index (χ1) is 12.7. The normalized spacial score (nSPS) is 18.4. The molecular formula is C21H27N5. The van der Waals surface area contributed by atoms with Gasteiger partial charge < -0.3 is 10.6 Å². The van der Waals surface area contributed by atoms with Crippen molar-refractivity contribution in [2.75, 3.05) is 25.4 Å². The molecule has 0 spiro atoms. The number of nitrogens with two attached hydrogens (primary N) is 1. The van der Waals surface area contributed by atoms with E-state index in [1.165, 1.54) is 31.4 Å². The second kappa shape index (κ2) is 7.46. The molecule has 2 aromatic heterocycles. The van der Waals surface area contributed by atoms with Crippen molar-refractivity contribution < 1.29 is 0 Å². The summed E-state index contributed by atoms with van der Waals surface area (Å²) in [5.41, 5.74) is 10.6. The number of benzene rings is 1. The number of nitrogens with zero attached hydrogens (tertiary/aromatic N) is 4. The van der Waals surface area contributed by atoms with Gasteiger partial charge in [-0.15, -0.1) is 0 Å². The first-order valence-electron chi connectivity index (χ1n) is 9.58. The van der Waals surface area contributed by atoms with Crippen LogP contribution in [0.2, 0.25) is 0 Å². The third-order valence-corrected chi connectivity index (χ3v) is 5.30. The molecule has 0 amide bonds. The highest BCUT2D eigenvalue weighted by atomic mass is 15.3. The Labute approximate surface area is 154 Å². The van der Waals surface area contributed by atoms with E-state index < -0.39 is 0 Å². The maximum absolute atomic E-state index is 6.20. The van der Waals surface area contributed by atoms with Crippen LogP contribution < -0.4 is 5.73 Å². The zero-order valence-electron chi connectivity index (χ0n) is 15.4. The van der Waals surface area contributed by atoms with E-state index >= 15 is 0 Å². The van der Waals surface area contributed by atoms with E-state index in [1.807, 2.05) is 19.1 Å². The predicted molar refractivity (Wildman–Crippen MR) is 105 cm³/mol. The molecule has 0 aliphatic carbocycles. The fraction of sp³-hybridized carbons (Fsp3) is 0.429. The van der Waals surface area contributed by atoms with Crippen LogP contribution in [-0.4, -0.2) is 39.1 Å². The molecule has 3 heterocycles. The van der Waals surface area contributed by atoms with Gasteiger partial charge in [0.15, 0.2) is 5.65 Å². The van der Waals surface area contributed by atoms with E-state index in [9.17, 15) is 0 Å². The number of fused-ring (bicyclic) bond motifs is 1. The molecule has 4 rings (SSSR count). The summed E-state index contributed by atoms with van der Waals surface area (Å²) in [6.07, 6.45) is 4.76. The molecule has 26 heavy (non-hydrogen) atoms. The standard InChI is InChI=1S/C21H27N5/c1-16-13-21-23-19(14-20(22)26(21)24-16)18-10-6-12-25(15-18)11-5-9-17-7-3-2-4-8-17/h2-4,7-8,13-14,18H,5-6,9-12,15,22H2,1H3/t18-/m1/s1. The maximum Gasteiger partial charge on any atom is 0.157 e. The fourth-order valence-corrected chi connectivity index (χ4v) is 3.99. The van der Waals surface area contributed by atoms with E-state index in [0.29, 0.717) is 11.7 Å². The van der Waals surface area contributed by atoms with Crippen LogP contribution in [0.1, 0.15) is 42.1 Å². The van der Waals surface area contributed by atoms with Gasteiger partial charge in [0, 0.05) is 24.6 Å². The van der Waals surface area contributed by atoms with Crippen LogP contribution in [0.4, 0.5) is 5.82 Å². The molecule has 1 atom stereocenters. The van der Waals surface area contributed by atoms with Crippen molar-refractivity contribution in [1.82, 2.24) is 19.5 Å². The maximum atomic E-state index is 6.20. The molecule has 1 saturated heterocycles. The van der Waals surface area contributed by atoms with E-state index in [-0.39, 0.29) is 0 Å². The van der Waals surface area contributed by atoms with Gasteiger partial charge in [0.2, 0.25) is 0 Å². The lowest BCUT2D eigenvalue weighted by Crippen LogP contribution is -2.35. The number of rotatable bonds is 5. The zero-order valence-corrected chi connectivity index (χ0v) is 15.4. The summed E-state index contributed by atoms with van der Waals surface area (Å²) in [5, 5.41) is 4.40. The third kappa shape index (κ3) is 3.73. The summed E-state index contributed by atoms with van der Waals surface area (Å²) in [5.74, 6) is 1.14. The average Bonchev–Trinajstić information content (AvgIpc) is 3.04. The summed E-state index contributed by atoms with van der Waals surface area (Å²) >= 11 is 0. The summed E-state index contributed by atoms with van der Waals surface area (Å²) < 4.78 is 1.74. The monoisotopic (exact) mass is 349 g/mol. The Morgan fingerprint density at radius 3 is 2.88 bits per heavy atom. The molecule has 5 heteroatoms. The SMILES string of the molecule is Cc1cc2nc([C@@H]3CCCN(CCCc4ccccc4)C3)cc(N)n2n1. The van der Waals surface area contributed by atoms with Gasteiger partial charge in [-0.2, -0.15) is 9.61 Å². The molecule has 3 aromatic rings. The highest BCUT2D eigenvalue weighted by Crippen LogP contribution is 2.27. The molecule has 136 valence electrons. The van der Waals surface area contributed by atoms with Gasteiger partial charge in [-0.3, -0.25) is 0 Å². The Kier molecular flexibility index (Phi) is 4.89. The summed E-state index contributed by atoms with van der Waals surface area (Å²) in [7, 11) is 0. The zero-order chi connectivity index (χ0) is 17.9. The van der Waals surface area contributed by atoms with Crippen LogP contribution in [0.25, 0.3) is 5.65 Å². The number of piperidine rings is 1. The van der Waals surface area contributed by atoms with Crippen LogP contribution in [0, 0.1) is 6.92 Å². The Balaban J connectivity index is 1.40. The van der Waals surface area contributed by atoms with Crippen molar-refractivity contribution in [3.8, 4) is 0 Å². The number of aromatic nitrogens is 3. The van der Waals surface area contributed by atoms with Crippen molar-refractivity contribution in [3.05, 3.63) is 59.4 Å². The van der Waals surface area contributed by atoms with Crippen LogP contribution in [0.3, 0.4) is 0 Å². The smallest absolute Gasteiger partial charge is 0.157 e. The van der Waals surface area contributed by atoms with Crippen molar-refractivity contribution in [1.29, 1.82) is 0 Å². The molecule has 0 unspecified atom stereocenters. The van der Waals surface area contributed by atoms with Gasteiger partial charge in [0.25, 0.3) is 0 Å². The number of hydrogen-bond acceptors (Lipinski definition) is 4. The lowest BCUT2D eigenvalue weighted by Gasteiger charge is -2.32. The molecular weight excluding hydrogens is 322 g/mol. The number of hydrogen-bond donors (Lipinski definition) is 1. The van der Waals surface area contributed by atoms with E-state index in [0.717, 1.165) is 36.5 Å². The first kappa shape index (κ1) is 17.0. The molecule has 1 aliphatic rings. The van der Waals surface area contributed by atoms with E-state index in [4.69, 9.17) is 10.7 Å². The third-order valence-electron chi connectivity index (χ3n) is 5.30. The van der Waals surface area contributed by atoms with Gasteiger partial charge in [-0.25, -0.2) is 4.98 Å². The molecule has 1 fully saturated rings. The van der Waals surface area contributed by atoms with Crippen molar-refractivity contribution >= 4 is 11.5 Å². The van der Waals surface area contributed by atoms with Crippen molar-refractivity contribution in [2.24, 2.45) is 0 Å².